The van der Waals surface area contributed by atoms with Gasteiger partial charge in [0.05, 0.1) is 12.4 Å². The fourth-order valence-corrected chi connectivity index (χ4v) is 2.78. The predicted octanol–water partition coefficient (Wildman–Crippen LogP) is -0.848. The quantitative estimate of drug-likeness (QED) is 0.253. The molecule has 0 saturated carbocycles. The number of nitrogens with one attached hydrogen (secondary N) is 4. The van der Waals surface area contributed by atoms with Crippen molar-refractivity contribution >= 4 is 23.7 Å². The summed E-state index contributed by atoms with van der Waals surface area (Å²) in [7, 11) is 0. The van der Waals surface area contributed by atoms with Crippen LogP contribution in [-0.2, 0) is 25.6 Å². The van der Waals surface area contributed by atoms with Crippen LogP contribution < -0.4 is 21.7 Å². The van der Waals surface area contributed by atoms with E-state index in [0.717, 1.165) is 0 Å². The molecule has 0 aliphatic carbocycles. The molecule has 1 rings (SSSR count). The second kappa shape index (κ2) is 11.9. The highest BCUT2D eigenvalue weighted by Gasteiger charge is 2.30. The van der Waals surface area contributed by atoms with Crippen molar-refractivity contribution in [1.29, 1.82) is 0 Å². The number of aromatic nitrogens is 2. The number of imidazole rings is 1. The zero-order chi connectivity index (χ0) is 22.8. The van der Waals surface area contributed by atoms with Crippen molar-refractivity contribution in [3.05, 3.63) is 18.2 Å². The molecule has 3 amide bonds. The number of carboxylic acids is 1. The van der Waals surface area contributed by atoms with E-state index in [9.17, 15) is 19.2 Å². The van der Waals surface area contributed by atoms with Gasteiger partial charge in [0.1, 0.15) is 18.6 Å². The van der Waals surface area contributed by atoms with Gasteiger partial charge in [-0.3, -0.25) is 19.2 Å². The monoisotopic (exact) mass is 424 g/mol. The van der Waals surface area contributed by atoms with Crippen molar-refractivity contribution in [1.82, 2.24) is 25.9 Å². The second-order valence-corrected chi connectivity index (χ2v) is 7.92. The van der Waals surface area contributed by atoms with Crippen molar-refractivity contribution in [2.45, 2.75) is 58.7 Å². The van der Waals surface area contributed by atoms with E-state index in [1.807, 2.05) is 13.8 Å². The Morgan fingerprint density at radius 3 is 2.27 bits per heavy atom. The Kier molecular flexibility index (Phi) is 9.96. The fraction of sp³-hybridized carbons (Fsp3) is 0.632. The summed E-state index contributed by atoms with van der Waals surface area (Å²) in [6.07, 6.45) is 3.55. The minimum Gasteiger partial charge on any atom is -0.480 e. The van der Waals surface area contributed by atoms with Gasteiger partial charge in [0.25, 0.3) is 0 Å². The first-order chi connectivity index (χ1) is 14.0. The van der Waals surface area contributed by atoms with Crippen LogP contribution in [0.15, 0.2) is 12.5 Å². The van der Waals surface area contributed by atoms with E-state index in [2.05, 4.69) is 25.9 Å². The molecule has 0 aromatic carbocycles. The van der Waals surface area contributed by atoms with Crippen molar-refractivity contribution in [2.24, 2.45) is 17.6 Å². The number of hydrogen-bond acceptors (Lipinski definition) is 6. The lowest BCUT2D eigenvalue weighted by Crippen LogP contribution is -2.58. The van der Waals surface area contributed by atoms with Gasteiger partial charge in [-0.2, -0.15) is 0 Å². The zero-order valence-electron chi connectivity index (χ0n) is 17.8. The van der Waals surface area contributed by atoms with E-state index in [0.29, 0.717) is 12.1 Å². The summed E-state index contributed by atoms with van der Waals surface area (Å²) in [5.41, 5.74) is 6.54. The number of nitrogens with zero attached hydrogens (tertiary/aromatic N) is 1. The summed E-state index contributed by atoms with van der Waals surface area (Å²) >= 11 is 0. The number of amides is 3. The first-order valence-corrected chi connectivity index (χ1v) is 9.84. The lowest BCUT2D eigenvalue weighted by molar-refractivity contribution is -0.139. The molecule has 30 heavy (non-hydrogen) atoms. The first kappa shape index (κ1) is 25.1. The van der Waals surface area contributed by atoms with E-state index in [1.54, 1.807) is 13.8 Å². The summed E-state index contributed by atoms with van der Waals surface area (Å²) in [6, 6.07) is -2.74. The topological polar surface area (TPSA) is 179 Å². The fourth-order valence-electron chi connectivity index (χ4n) is 2.78. The second-order valence-electron chi connectivity index (χ2n) is 7.92. The van der Waals surface area contributed by atoms with Gasteiger partial charge in [-0.05, 0) is 18.3 Å². The van der Waals surface area contributed by atoms with Gasteiger partial charge in [0, 0.05) is 18.3 Å². The van der Waals surface area contributed by atoms with Crippen LogP contribution in [0.2, 0.25) is 0 Å². The smallest absolute Gasteiger partial charge is 0.322 e. The molecule has 1 aromatic heterocycles. The third-order valence-electron chi connectivity index (χ3n) is 4.33. The Hall–Kier alpha value is -2.95. The summed E-state index contributed by atoms with van der Waals surface area (Å²) in [4.78, 5) is 55.1. The Balaban J connectivity index is 2.92. The number of carbonyl (C=O) groups is 4. The van der Waals surface area contributed by atoms with Gasteiger partial charge < -0.3 is 31.8 Å². The van der Waals surface area contributed by atoms with Crippen molar-refractivity contribution in [3.63, 3.8) is 0 Å². The third kappa shape index (κ3) is 8.60. The highest BCUT2D eigenvalue weighted by atomic mass is 16.4. The molecule has 7 N–H and O–H groups in total. The lowest BCUT2D eigenvalue weighted by atomic mass is 10.0. The van der Waals surface area contributed by atoms with Gasteiger partial charge >= 0.3 is 5.97 Å². The van der Waals surface area contributed by atoms with Crippen LogP contribution in [0.5, 0.6) is 0 Å². The Labute approximate surface area is 175 Å². The molecule has 0 saturated heterocycles. The maximum absolute atomic E-state index is 12.9. The molecule has 0 radical (unpaired) electrons. The number of nitrogens with two attached hydrogens (primary N) is 1. The Morgan fingerprint density at radius 2 is 1.77 bits per heavy atom. The first-order valence-electron chi connectivity index (χ1n) is 9.84. The average molecular weight is 425 g/mol. The lowest BCUT2D eigenvalue weighted by Gasteiger charge is -2.26. The molecule has 1 aromatic rings. The minimum atomic E-state index is -1.19. The summed E-state index contributed by atoms with van der Waals surface area (Å²) in [5.74, 6) is -2.98. The van der Waals surface area contributed by atoms with Crippen molar-refractivity contribution in [3.8, 4) is 0 Å². The molecule has 0 aliphatic heterocycles. The van der Waals surface area contributed by atoms with Gasteiger partial charge in [-0.1, -0.05) is 27.7 Å². The normalized spacial score (nSPS) is 14.1. The maximum Gasteiger partial charge on any atom is 0.322 e. The Bertz CT molecular complexity index is 719. The molecule has 3 atom stereocenters. The molecule has 0 aliphatic rings. The van der Waals surface area contributed by atoms with Crippen molar-refractivity contribution in [2.75, 3.05) is 6.54 Å². The number of carbonyl (C=O) groups excluding carboxylic acids is 3. The van der Waals surface area contributed by atoms with E-state index >= 15 is 0 Å². The van der Waals surface area contributed by atoms with Gasteiger partial charge in [0.15, 0.2) is 0 Å². The number of rotatable bonds is 12. The highest BCUT2D eigenvalue weighted by Crippen LogP contribution is 2.07. The molecule has 0 bridgehead atoms. The van der Waals surface area contributed by atoms with Crippen LogP contribution in [0.4, 0.5) is 0 Å². The number of H-pyrrole nitrogens is 1. The van der Waals surface area contributed by atoms with Crippen LogP contribution in [0.1, 0.15) is 39.8 Å². The van der Waals surface area contributed by atoms with Gasteiger partial charge in [-0.25, -0.2) is 4.98 Å². The zero-order valence-corrected chi connectivity index (χ0v) is 17.8. The van der Waals surface area contributed by atoms with Gasteiger partial charge in [0.2, 0.25) is 17.7 Å². The number of aliphatic carboxylic acids is 1. The molecular formula is C19H32N6O5. The standard InChI is InChI=1S/C19H32N6O5/c1-10(2)5-13(20)17(28)24-14(6-12-7-21-9-23-12)18(29)25-16(11(3)4)19(30)22-8-15(26)27/h7,9-11,13-14,16H,5-6,8,20H2,1-4H3,(H,21,23)(H,22,30)(H,24,28)(H,25,29)(H,26,27). The third-order valence-corrected chi connectivity index (χ3v) is 4.33. The molecule has 0 spiro atoms. The molecule has 1 heterocycles. The van der Waals surface area contributed by atoms with E-state index < -0.39 is 48.4 Å². The SMILES string of the molecule is CC(C)CC(N)C(=O)NC(Cc1cnc[nH]1)C(=O)NC(C(=O)NCC(=O)O)C(C)C. The van der Waals surface area contributed by atoms with E-state index in [1.165, 1.54) is 12.5 Å². The number of aromatic amines is 1. The van der Waals surface area contributed by atoms with Crippen LogP contribution in [-0.4, -0.2) is 63.4 Å². The molecular weight excluding hydrogens is 392 g/mol. The summed E-state index contributed by atoms with van der Waals surface area (Å²) in [5, 5.41) is 16.2. The Morgan fingerprint density at radius 1 is 1.10 bits per heavy atom. The van der Waals surface area contributed by atoms with Crippen LogP contribution in [0, 0.1) is 11.8 Å². The number of hydrogen-bond donors (Lipinski definition) is 6. The number of carboxylic acid groups (broad SMARTS) is 1. The molecule has 3 unspecified atom stereocenters. The molecule has 11 nitrogen and oxygen atoms in total. The maximum atomic E-state index is 12.9. The van der Waals surface area contributed by atoms with Crippen molar-refractivity contribution < 1.29 is 24.3 Å². The van der Waals surface area contributed by atoms with E-state index in [-0.39, 0.29) is 18.3 Å². The molecule has 168 valence electrons. The molecule has 11 heteroatoms. The van der Waals surface area contributed by atoms with Crippen LogP contribution in [0.3, 0.4) is 0 Å². The molecule has 0 fully saturated rings. The highest BCUT2D eigenvalue weighted by molar-refractivity contribution is 5.93. The van der Waals surface area contributed by atoms with Crippen LogP contribution in [0.25, 0.3) is 0 Å². The van der Waals surface area contributed by atoms with Crippen LogP contribution >= 0.6 is 0 Å². The van der Waals surface area contributed by atoms with Gasteiger partial charge in [-0.15, -0.1) is 0 Å². The largest absolute Gasteiger partial charge is 0.480 e. The summed E-state index contributed by atoms with van der Waals surface area (Å²) in [6.45, 7) is 6.74. The minimum absolute atomic E-state index is 0.119. The average Bonchev–Trinajstić information content (AvgIpc) is 3.15. The van der Waals surface area contributed by atoms with E-state index in [4.69, 9.17) is 10.8 Å². The summed E-state index contributed by atoms with van der Waals surface area (Å²) < 4.78 is 0. The predicted molar refractivity (Wildman–Crippen MR) is 109 cm³/mol.